The molecule has 2 N–H and O–H groups in total. The third-order valence-electron chi connectivity index (χ3n) is 5.05. The van der Waals surface area contributed by atoms with Crippen molar-refractivity contribution in [2.75, 3.05) is 11.9 Å². The molecule has 0 aliphatic heterocycles. The minimum Gasteiger partial charge on any atom is -0.480 e. The zero-order chi connectivity index (χ0) is 14.9. The van der Waals surface area contributed by atoms with Crippen molar-refractivity contribution in [2.45, 2.75) is 45.1 Å². The highest BCUT2D eigenvalue weighted by Gasteiger charge is 2.43. The lowest BCUT2D eigenvalue weighted by molar-refractivity contribution is -0.137. The number of fused-ring (bicyclic) bond motifs is 2. The molecule has 2 fully saturated rings. The minimum absolute atomic E-state index is 0.252. The Morgan fingerprint density at radius 3 is 2.86 bits per heavy atom. The van der Waals surface area contributed by atoms with E-state index in [0.29, 0.717) is 5.41 Å². The summed E-state index contributed by atoms with van der Waals surface area (Å²) in [4.78, 5) is 26.8. The Labute approximate surface area is 123 Å². The normalized spacial score (nSPS) is 27.0. The number of nitrogens with one attached hydrogen (secondary N) is 1. The Bertz CT molecular complexity index is 588. The van der Waals surface area contributed by atoms with E-state index in [1.807, 2.05) is 0 Å². The van der Waals surface area contributed by atoms with E-state index in [2.05, 4.69) is 10.3 Å². The largest absolute Gasteiger partial charge is 0.480 e. The second-order valence-corrected chi connectivity index (χ2v) is 6.43. The second-order valence-electron chi connectivity index (χ2n) is 6.43. The van der Waals surface area contributed by atoms with E-state index < -0.39 is 5.97 Å². The van der Waals surface area contributed by atoms with Gasteiger partial charge in [-0.1, -0.05) is 0 Å². The van der Waals surface area contributed by atoms with Crippen molar-refractivity contribution in [1.29, 1.82) is 0 Å². The molecule has 2 aliphatic carbocycles. The monoisotopic (exact) mass is 291 g/mol. The van der Waals surface area contributed by atoms with Gasteiger partial charge in [0.15, 0.2) is 5.82 Å². The summed E-state index contributed by atoms with van der Waals surface area (Å²) >= 11 is 0. The molecule has 114 valence electrons. The number of carboxylic acid groups (broad SMARTS) is 1. The summed E-state index contributed by atoms with van der Waals surface area (Å²) in [6.45, 7) is 0.397. The number of hydrogen-bond acceptors (Lipinski definition) is 4. The molecule has 0 amide bonds. The maximum Gasteiger partial charge on any atom is 0.323 e. The van der Waals surface area contributed by atoms with Crippen LogP contribution in [0.2, 0.25) is 0 Å². The molecule has 2 saturated carbocycles. The second kappa shape index (κ2) is 5.50. The maximum absolute atomic E-state index is 12.1. The van der Waals surface area contributed by atoms with Crippen LogP contribution in [0, 0.1) is 11.3 Å². The summed E-state index contributed by atoms with van der Waals surface area (Å²) in [6.07, 6.45) is 10.6. The summed E-state index contributed by atoms with van der Waals surface area (Å²) in [6, 6.07) is 0. The fourth-order valence-electron chi connectivity index (χ4n) is 3.95. The van der Waals surface area contributed by atoms with Gasteiger partial charge in [-0.25, -0.2) is 4.98 Å². The molecule has 6 nitrogen and oxygen atoms in total. The number of aromatic nitrogens is 2. The topological polar surface area (TPSA) is 84.2 Å². The Hall–Kier alpha value is -1.85. The molecule has 3 rings (SSSR count). The van der Waals surface area contributed by atoms with Crippen LogP contribution in [-0.2, 0) is 11.3 Å². The van der Waals surface area contributed by atoms with Gasteiger partial charge in [0.05, 0.1) is 0 Å². The van der Waals surface area contributed by atoms with Crippen molar-refractivity contribution < 1.29 is 9.90 Å². The first-order chi connectivity index (χ1) is 10.1. The van der Waals surface area contributed by atoms with Crippen molar-refractivity contribution >= 4 is 11.8 Å². The Morgan fingerprint density at radius 1 is 1.48 bits per heavy atom. The molecule has 1 aromatic rings. The van der Waals surface area contributed by atoms with Crippen LogP contribution in [0.4, 0.5) is 5.82 Å². The molecule has 2 bridgehead atoms. The maximum atomic E-state index is 12.1. The smallest absolute Gasteiger partial charge is 0.323 e. The molecule has 0 unspecified atom stereocenters. The number of carboxylic acids is 1. The zero-order valence-corrected chi connectivity index (χ0v) is 12.0. The summed E-state index contributed by atoms with van der Waals surface area (Å²) in [7, 11) is 0. The Balaban J connectivity index is 1.60. The predicted octanol–water partition coefficient (Wildman–Crippen LogP) is 1.71. The molecule has 1 heterocycles. The highest BCUT2D eigenvalue weighted by atomic mass is 16.4. The lowest BCUT2D eigenvalue weighted by atomic mass is 9.81. The van der Waals surface area contributed by atoms with E-state index in [-0.39, 0.29) is 17.9 Å². The third kappa shape index (κ3) is 2.94. The first-order valence-corrected chi connectivity index (χ1v) is 7.59. The van der Waals surface area contributed by atoms with Crippen LogP contribution in [-0.4, -0.2) is 27.2 Å². The van der Waals surface area contributed by atoms with Crippen LogP contribution >= 0.6 is 0 Å². The third-order valence-corrected chi connectivity index (χ3v) is 5.05. The molecule has 21 heavy (non-hydrogen) atoms. The van der Waals surface area contributed by atoms with Crippen molar-refractivity contribution in [3.63, 3.8) is 0 Å². The van der Waals surface area contributed by atoms with E-state index in [1.165, 1.54) is 44.5 Å². The summed E-state index contributed by atoms with van der Waals surface area (Å²) in [5, 5.41) is 11.9. The number of rotatable bonds is 6. The zero-order valence-electron chi connectivity index (χ0n) is 12.0. The van der Waals surface area contributed by atoms with Crippen molar-refractivity contribution in [3.8, 4) is 0 Å². The van der Waals surface area contributed by atoms with Gasteiger partial charge in [0.25, 0.3) is 5.56 Å². The molecular weight excluding hydrogens is 270 g/mol. The number of nitrogens with zero attached hydrogens (tertiary/aromatic N) is 2. The van der Waals surface area contributed by atoms with E-state index in [9.17, 15) is 9.59 Å². The van der Waals surface area contributed by atoms with Crippen molar-refractivity contribution in [2.24, 2.45) is 11.3 Å². The lowest BCUT2D eigenvalue weighted by Gasteiger charge is -2.26. The highest BCUT2D eigenvalue weighted by molar-refractivity contribution is 5.66. The van der Waals surface area contributed by atoms with Gasteiger partial charge in [0.1, 0.15) is 6.54 Å². The summed E-state index contributed by atoms with van der Waals surface area (Å²) in [5.74, 6) is 0.145. The van der Waals surface area contributed by atoms with E-state index in [4.69, 9.17) is 5.11 Å². The fraction of sp³-hybridized carbons (Fsp3) is 0.667. The van der Waals surface area contributed by atoms with Gasteiger partial charge >= 0.3 is 5.97 Å². The summed E-state index contributed by atoms with van der Waals surface area (Å²) in [5.41, 5.74) is 0.111. The number of aliphatic carboxylic acids is 1. The van der Waals surface area contributed by atoms with Gasteiger partial charge < -0.3 is 10.4 Å². The Morgan fingerprint density at radius 2 is 2.24 bits per heavy atom. The SMILES string of the molecule is O=C(O)Cn1ccnc(NCCC23CCC(CC2)C3)c1=O. The fourth-order valence-corrected chi connectivity index (χ4v) is 3.95. The molecule has 6 heteroatoms. The molecule has 0 radical (unpaired) electrons. The van der Waals surface area contributed by atoms with E-state index in [1.54, 1.807) is 0 Å². The molecule has 1 aromatic heterocycles. The lowest BCUT2D eigenvalue weighted by Crippen LogP contribution is -2.28. The molecule has 0 atom stereocenters. The molecule has 0 spiro atoms. The van der Waals surface area contributed by atoms with Gasteiger partial charge in [-0.15, -0.1) is 0 Å². The van der Waals surface area contributed by atoms with Crippen LogP contribution in [0.1, 0.15) is 38.5 Å². The molecule has 0 aromatic carbocycles. The summed E-state index contributed by atoms with van der Waals surface area (Å²) < 4.78 is 1.16. The first-order valence-electron chi connectivity index (χ1n) is 7.59. The predicted molar refractivity (Wildman–Crippen MR) is 78.2 cm³/mol. The number of anilines is 1. The van der Waals surface area contributed by atoms with Crippen LogP contribution in [0.15, 0.2) is 17.2 Å². The molecular formula is C15H21N3O3. The van der Waals surface area contributed by atoms with Crippen LogP contribution < -0.4 is 10.9 Å². The van der Waals surface area contributed by atoms with E-state index >= 15 is 0 Å². The van der Waals surface area contributed by atoms with Gasteiger partial charge in [-0.2, -0.15) is 0 Å². The highest BCUT2D eigenvalue weighted by Crippen LogP contribution is 2.55. The van der Waals surface area contributed by atoms with E-state index in [0.717, 1.165) is 23.5 Å². The van der Waals surface area contributed by atoms with Gasteiger partial charge in [0.2, 0.25) is 0 Å². The molecule has 2 aliphatic rings. The van der Waals surface area contributed by atoms with Gasteiger partial charge in [0, 0.05) is 18.9 Å². The quantitative estimate of drug-likeness (QED) is 0.833. The minimum atomic E-state index is -1.03. The average Bonchev–Trinajstić information content (AvgIpc) is 3.03. The van der Waals surface area contributed by atoms with Crippen LogP contribution in [0.3, 0.4) is 0 Å². The van der Waals surface area contributed by atoms with Gasteiger partial charge in [-0.05, 0) is 49.9 Å². The number of hydrogen-bond donors (Lipinski definition) is 2. The molecule has 0 saturated heterocycles. The first kappa shape index (κ1) is 14.1. The van der Waals surface area contributed by atoms with Crippen molar-refractivity contribution in [3.05, 3.63) is 22.7 Å². The number of carbonyl (C=O) groups is 1. The Kier molecular flexibility index (Phi) is 3.69. The van der Waals surface area contributed by atoms with Gasteiger partial charge in [-0.3, -0.25) is 14.2 Å². The van der Waals surface area contributed by atoms with Crippen LogP contribution in [0.25, 0.3) is 0 Å². The van der Waals surface area contributed by atoms with Crippen molar-refractivity contribution in [1.82, 2.24) is 9.55 Å². The van der Waals surface area contributed by atoms with Crippen LogP contribution in [0.5, 0.6) is 0 Å². The standard InChI is InChI=1S/C15H21N3O3/c19-12(20)10-18-8-7-17-13(14(18)21)16-6-5-15-3-1-11(9-15)2-4-15/h7-8,11H,1-6,9-10H2,(H,16,17)(H,19,20). The average molecular weight is 291 g/mol.